The van der Waals surface area contributed by atoms with Gasteiger partial charge in [-0.05, 0) is 25.3 Å². The number of aryl methyl sites for hydroxylation is 1. The standard InChI is InChI=1S/C14H23N3O/c1-3-4-11-17(12-7-5-6-8-12)14(18)13-9-10-15-16(13)2/h9-10,12H,3-8,11H2,1-2H3. The Labute approximate surface area is 109 Å². The molecule has 1 aliphatic rings. The van der Waals surface area contributed by atoms with Crippen molar-refractivity contribution in [3.8, 4) is 0 Å². The van der Waals surface area contributed by atoms with Gasteiger partial charge in [0.25, 0.3) is 5.91 Å². The monoisotopic (exact) mass is 249 g/mol. The normalized spacial score (nSPS) is 16.1. The van der Waals surface area contributed by atoms with Gasteiger partial charge in [-0.25, -0.2) is 0 Å². The molecule has 0 N–H and O–H groups in total. The Morgan fingerprint density at radius 1 is 1.50 bits per heavy atom. The van der Waals surface area contributed by atoms with Gasteiger partial charge < -0.3 is 4.90 Å². The lowest BCUT2D eigenvalue weighted by Gasteiger charge is -2.29. The van der Waals surface area contributed by atoms with Gasteiger partial charge in [-0.15, -0.1) is 0 Å². The Kier molecular flexibility index (Phi) is 4.39. The van der Waals surface area contributed by atoms with Gasteiger partial charge >= 0.3 is 0 Å². The zero-order valence-corrected chi connectivity index (χ0v) is 11.4. The van der Waals surface area contributed by atoms with Gasteiger partial charge in [0.1, 0.15) is 5.69 Å². The minimum atomic E-state index is 0.148. The molecule has 0 spiro atoms. The van der Waals surface area contributed by atoms with E-state index in [1.165, 1.54) is 12.8 Å². The number of carbonyl (C=O) groups is 1. The maximum atomic E-state index is 12.6. The molecule has 4 heteroatoms. The van der Waals surface area contributed by atoms with Crippen LogP contribution in [-0.4, -0.2) is 33.2 Å². The van der Waals surface area contributed by atoms with Gasteiger partial charge in [-0.2, -0.15) is 5.10 Å². The van der Waals surface area contributed by atoms with Crippen LogP contribution in [0.2, 0.25) is 0 Å². The van der Waals surface area contributed by atoms with Crippen LogP contribution >= 0.6 is 0 Å². The summed E-state index contributed by atoms with van der Waals surface area (Å²) in [4.78, 5) is 14.7. The van der Waals surface area contributed by atoms with E-state index in [1.807, 2.05) is 13.1 Å². The molecule has 0 aromatic carbocycles. The molecule has 1 heterocycles. The van der Waals surface area contributed by atoms with Crippen LogP contribution in [0.4, 0.5) is 0 Å². The van der Waals surface area contributed by atoms with Crippen molar-refractivity contribution in [3.63, 3.8) is 0 Å². The third-order valence-electron chi connectivity index (χ3n) is 3.82. The summed E-state index contributed by atoms with van der Waals surface area (Å²) >= 11 is 0. The molecular formula is C14H23N3O. The Bertz CT molecular complexity index is 393. The van der Waals surface area contributed by atoms with Crippen molar-refractivity contribution in [2.75, 3.05) is 6.54 Å². The van der Waals surface area contributed by atoms with E-state index >= 15 is 0 Å². The highest BCUT2D eigenvalue weighted by atomic mass is 16.2. The molecule has 4 nitrogen and oxygen atoms in total. The van der Waals surface area contributed by atoms with E-state index in [1.54, 1.807) is 10.9 Å². The van der Waals surface area contributed by atoms with Gasteiger partial charge in [-0.3, -0.25) is 9.48 Å². The summed E-state index contributed by atoms with van der Waals surface area (Å²) < 4.78 is 1.68. The lowest BCUT2D eigenvalue weighted by atomic mass is 10.1. The first-order chi connectivity index (χ1) is 8.74. The molecule has 1 aromatic heterocycles. The molecule has 0 atom stereocenters. The quantitative estimate of drug-likeness (QED) is 0.804. The van der Waals surface area contributed by atoms with Crippen molar-refractivity contribution < 1.29 is 4.79 Å². The molecule has 18 heavy (non-hydrogen) atoms. The zero-order valence-electron chi connectivity index (χ0n) is 11.4. The first-order valence-corrected chi connectivity index (χ1v) is 7.03. The highest BCUT2D eigenvalue weighted by Crippen LogP contribution is 2.25. The third kappa shape index (κ3) is 2.74. The van der Waals surface area contributed by atoms with Crippen LogP contribution in [0.25, 0.3) is 0 Å². The van der Waals surface area contributed by atoms with Gasteiger partial charge in [0.15, 0.2) is 0 Å². The van der Waals surface area contributed by atoms with E-state index in [0.29, 0.717) is 11.7 Å². The number of unbranched alkanes of at least 4 members (excludes halogenated alkanes) is 1. The minimum Gasteiger partial charge on any atom is -0.334 e. The molecule has 1 amide bonds. The number of aromatic nitrogens is 2. The number of hydrogen-bond acceptors (Lipinski definition) is 2. The van der Waals surface area contributed by atoms with Crippen LogP contribution < -0.4 is 0 Å². The molecule has 0 unspecified atom stereocenters. The highest BCUT2D eigenvalue weighted by molar-refractivity contribution is 5.92. The fraction of sp³-hybridized carbons (Fsp3) is 0.714. The topological polar surface area (TPSA) is 38.1 Å². The van der Waals surface area contributed by atoms with Gasteiger partial charge in [0.05, 0.1) is 0 Å². The lowest BCUT2D eigenvalue weighted by molar-refractivity contribution is 0.0667. The summed E-state index contributed by atoms with van der Waals surface area (Å²) in [6, 6.07) is 2.26. The fourth-order valence-electron chi connectivity index (χ4n) is 2.73. The molecule has 0 aliphatic heterocycles. The van der Waals surface area contributed by atoms with E-state index in [2.05, 4.69) is 16.9 Å². The van der Waals surface area contributed by atoms with Gasteiger partial charge in [0.2, 0.25) is 0 Å². The predicted octanol–water partition coefficient (Wildman–Crippen LogP) is 2.61. The summed E-state index contributed by atoms with van der Waals surface area (Å²) in [5, 5.41) is 4.10. The van der Waals surface area contributed by atoms with Crippen LogP contribution in [0.3, 0.4) is 0 Å². The van der Waals surface area contributed by atoms with Crippen LogP contribution in [0.15, 0.2) is 12.3 Å². The first kappa shape index (κ1) is 13.1. The zero-order chi connectivity index (χ0) is 13.0. The summed E-state index contributed by atoms with van der Waals surface area (Å²) in [6.45, 7) is 3.05. The summed E-state index contributed by atoms with van der Waals surface area (Å²) in [5.74, 6) is 0.148. The molecule has 0 bridgehead atoms. The molecule has 1 aliphatic carbocycles. The van der Waals surface area contributed by atoms with Crippen molar-refractivity contribution in [1.82, 2.24) is 14.7 Å². The summed E-state index contributed by atoms with van der Waals surface area (Å²) in [7, 11) is 1.83. The Hall–Kier alpha value is -1.32. The molecule has 1 saturated carbocycles. The van der Waals surface area contributed by atoms with E-state index in [0.717, 1.165) is 32.2 Å². The summed E-state index contributed by atoms with van der Waals surface area (Å²) in [6.07, 6.45) is 8.74. The van der Waals surface area contributed by atoms with Crippen LogP contribution in [-0.2, 0) is 7.05 Å². The highest BCUT2D eigenvalue weighted by Gasteiger charge is 2.28. The van der Waals surface area contributed by atoms with Crippen molar-refractivity contribution in [2.45, 2.75) is 51.5 Å². The Morgan fingerprint density at radius 2 is 2.22 bits per heavy atom. The van der Waals surface area contributed by atoms with E-state index in [-0.39, 0.29) is 5.91 Å². The molecule has 1 fully saturated rings. The van der Waals surface area contributed by atoms with E-state index in [4.69, 9.17) is 0 Å². The smallest absolute Gasteiger partial charge is 0.272 e. The van der Waals surface area contributed by atoms with Crippen LogP contribution in [0.5, 0.6) is 0 Å². The van der Waals surface area contributed by atoms with E-state index in [9.17, 15) is 4.79 Å². The van der Waals surface area contributed by atoms with Crippen LogP contribution in [0, 0.1) is 0 Å². The SMILES string of the molecule is CCCCN(C(=O)c1ccnn1C)C1CCCC1. The van der Waals surface area contributed by atoms with Crippen molar-refractivity contribution in [1.29, 1.82) is 0 Å². The molecule has 1 aromatic rings. The minimum absolute atomic E-state index is 0.148. The average Bonchev–Trinajstić information content (AvgIpc) is 3.00. The number of rotatable bonds is 5. The second-order valence-corrected chi connectivity index (χ2v) is 5.13. The molecule has 2 rings (SSSR count). The molecular weight excluding hydrogens is 226 g/mol. The number of carbonyl (C=O) groups excluding carboxylic acids is 1. The maximum Gasteiger partial charge on any atom is 0.272 e. The third-order valence-corrected chi connectivity index (χ3v) is 3.82. The Balaban J connectivity index is 2.12. The number of amides is 1. The second-order valence-electron chi connectivity index (χ2n) is 5.13. The lowest BCUT2D eigenvalue weighted by Crippen LogP contribution is -2.40. The molecule has 0 radical (unpaired) electrons. The summed E-state index contributed by atoms with van der Waals surface area (Å²) in [5.41, 5.74) is 0.706. The van der Waals surface area contributed by atoms with Gasteiger partial charge in [0, 0.05) is 25.8 Å². The first-order valence-electron chi connectivity index (χ1n) is 7.03. The van der Waals surface area contributed by atoms with Crippen molar-refractivity contribution in [2.24, 2.45) is 7.05 Å². The van der Waals surface area contributed by atoms with Gasteiger partial charge in [-0.1, -0.05) is 26.2 Å². The molecule has 0 saturated heterocycles. The predicted molar refractivity (Wildman–Crippen MR) is 71.4 cm³/mol. The van der Waals surface area contributed by atoms with E-state index < -0.39 is 0 Å². The largest absolute Gasteiger partial charge is 0.334 e. The maximum absolute atomic E-state index is 12.6. The average molecular weight is 249 g/mol. The number of nitrogens with zero attached hydrogens (tertiary/aromatic N) is 3. The van der Waals surface area contributed by atoms with Crippen molar-refractivity contribution >= 4 is 5.91 Å². The number of hydrogen-bond donors (Lipinski definition) is 0. The van der Waals surface area contributed by atoms with Crippen LogP contribution in [0.1, 0.15) is 55.9 Å². The second kappa shape index (κ2) is 6.03. The van der Waals surface area contributed by atoms with Crippen molar-refractivity contribution in [3.05, 3.63) is 18.0 Å². The fourth-order valence-corrected chi connectivity index (χ4v) is 2.73. The molecule has 100 valence electrons. The Morgan fingerprint density at radius 3 is 2.78 bits per heavy atom.